The Bertz CT molecular complexity index is 336. The van der Waals surface area contributed by atoms with E-state index in [9.17, 15) is 0 Å². The molecule has 0 fully saturated rings. The van der Waals surface area contributed by atoms with Crippen molar-refractivity contribution in [3.05, 3.63) is 35.4 Å². The van der Waals surface area contributed by atoms with Gasteiger partial charge in [-0.15, -0.1) is 0 Å². The molecule has 0 saturated carbocycles. The van der Waals surface area contributed by atoms with E-state index in [1.165, 1.54) is 36.9 Å². The maximum Gasteiger partial charge on any atom is 0.0329 e. The molecule has 1 aromatic rings. The first-order chi connectivity index (χ1) is 8.67. The molecule has 18 heavy (non-hydrogen) atoms. The lowest BCUT2D eigenvalue weighted by Gasteiger charge is -2.22. The second kappa shape index (κ2) is 8.28. The lowest BCUT2D eigenvalue weighted by Crippen LogP contribution is -2.26. The van der Waals surface area contributed by atoms with Crippen molar-refractivity contribution in [1.29, 1.82) is 0 Å². The average Bonchev–Trinajstić information content (AvgIpc) is 2.37. The monoisotopic (exact) mass is 248 g/mol. The van der Waals surface area contributed by atoms with Crippen molar-refractivity contribution >= 4 is 0 Å². The summed E-state index contributed by atoms with van der Waals surface area (Å²) in [5, 5.41) is 3.43. The third-order valence-electron chi connectivity index (χ3n) is 3.49. The van der Waals surface area contributed by atoms with Crippen molar-refractivity contribution in [1.82, 2.24) is 10.2 Å². The Morgan fingerprint density at radius 3 is 2.67 bits per heavy atom. The summed E-state index contributed by atoms with van der Waals surface area (Å²) in [5.41, 5.74) is 2.74. The zero-order valence-electron chi connectivity index (χ0n) is 12.4. The Morgan fingerprint density at radius 2 is 2.06 bits per heavy atom. The molecule has 2 heteroatoms. The van der Waals surface area contributed by atoms with Crippen molar-refractivity contribution in [2.45, 2.75) is 39.2 Å². The van der Waals surface area contributed by atoms with Crippen molar-refractivity contribution in [2.24, 2.45) is 0 Å². The van der Waals surface area contributed by atoms with Gasteiger partial charge < -0.3 is 10.2 Å². The van der Waals surface area contributed by atoms with Gasteiger partial charge in [-0.25, -0.2) is 0 Å². The fourth-order valence-electron chi connectivity index (χ4n) is 2.25. The predicted molar refractivity (Wildman–Crippen MR) is 80.0 cm³/mol. The van der Waals surface area contributed by atoms with Gasteiger partial charge in [0.05, 0.1) is 0 Å². The Hall–Kier alpha value is -0.860. The molecule has 0 amide bonds. The number of hydrogen-bond donors (Lipinski definition) is 1. The van der Waals surface area contributed by atoms with E-state index < -0.39 is 0 Å². The summed E-state index contributed by atoms with van der Waals surface area (Å²) in [6.07, 6.45) is 3.74. The molecule has 0 aromatic heterocycles. The number of nitrogens with zero attached hydrogens (tertiary/aromatic N) is 1. The normalized spacial score (nSPS) is 12.9. The van der Waals surface area contributed by atoms with Crippen LogP contribution in [0.4, 0.5) is 0 Å². The van der Waals surface area contributed by atoms with Gasteiger partial charge in [0.15, 0.2) is 0 Å². The summed E-state index contributed by atoms with van der Waals surface area (Å²) >= 11 is 0. The zero-order chi connectivity index (χ0) is 13.4. The second-order valence-corrected chi connectivity index (χ2v) is 5.20. The van der Waals surface area contributed by atoms with Crippen molar-refractivity contribution in [3.63, 3.8) is 0 Å². The molecule has 1 rings (SSSR count). The molecule has 2 nitrogen and oxygen atoms in total. The summed E-state index contributed by atoms with van der Waals surface area (Å²) in [6, 6.07) is 9.28. The largest absolute Gasteiger partial charge is 0.313 e. The van der Waals surface area contributed by atoms with Gasteiger partial charge in [-0.1, -0.05) is 43.2 Å². The maximum atomic E-state index is 3.43. The number of benzene rings is 1. The molecular weight excluding hydrogens is 220 g/mol. The Balaban J connectivity index is 2.47. The van der Waals surface area contributed by atoms with Crippen LogP contribution in [0.1, 0.15) is 43.4 Å². The molecule has 0 aliphatic rings. The second-order valence-electron chi connectivity index (χ2n) is 5.20. The minimum absolute atomic E-state index is 0.467. The van der Waals surface area contributed by atoms with E-state index in [1.807, 2.05) is 0 Å². The summed E-state index contributed by atoms with van der Waals surface area (Å²) in [7, 11) is 4.28. The lowest BCUT2D eigenvalue weighted by molar-refractivity contribution is 0.306. The molecule has 1 aromatic carbocycles. The van der Waals surface area contributed by atoms with Gasteiger partial charge in [0.2, 0.25) is 0 Å². The van der Waals surface area contributed by atoms with Crippen molar-refractivity contribution < 1.29 is 0 Å². The first-order valence-electron chi connectivity index (χ1n) is 7.09. The van der Waals surface area contributed by atoms with E-state index in [0.29, 0.717) is 6.04 Å². The Kier molecular flexibility index (Phi) is 6.99. The van der Waals surface area contributed by atoms with Crippen LogP contribution in [0, 0.1) is 6.92 Å². The van der Waals surface area contributed by atoms with Gasteiger partial charge in [0.1, 0.15) is 0 Å². The third-order valence-corrected chi connectivity index (χ3v) is 3.49. The molecule has 0 heterocycles. The van der Waals surface area contributed by atoms with Crippen LogP contribution in [0.15, 0.2) is 24.3 Å². The SMILES string of the molecule is CCCCN(C)CCC(NC)c1cccc(C)c1. The molecule has 0 bridgehead atoms. The highest BCUT2D eigenvalue weighted by atomic mass is 15.1. The molecule has 102 valence electrons. The van der Waals surface area contributed by atoms with Crippen LogP contribution < -0.4 is 5.32 Å². The van der Waals surface area contributed by atoms with Crippen LogP contribution in [-0.4, -0.2) is 32.1 Å². The van der Waals surface area contributed by atoms with Gasteiger partial charge in [0, 0.05) is 6.04 Å². The fraction of sp³-hybridized carbons (Fsp3) is 0.625. The zero-order valence-corrected chi connectivity index (χ0v) is 12.4. The van der Waals surface area contributed by atoms with Gasteiger partial charge in [-0.2, -0.15) is 0 Å². The molecule has 0 radical (unpaired) electrons. The summed E-state index contributed by atoms with van der Waals surface area (Å²) in [5.74, 6) is 0. The fourth-order valence-corrected chi connectivity index (χ4v) is 2.25. The molecular formula is C16H28N2. The Morgan fingerprint density at radius 1 is 1.28 bits per heavy atom. The standard InChI is InChI=1S/C16H28N2/c1-5-6-11-18(4)12-10-16(17-3)15-9-7-8-14(2)13-15/h7-9,13,16-17H,5-6,10-12H2,1-4H3. The van der Waals surface area contributed by atoms with Crippen LogP contribution in [0.5, 0.6) is 0 Å². The van der Waals surface area contributed by atoms with Crippen LogP contribution in [0.3, 0.4) is 0 Å². The molecule has 1 N–H and O–H groups in total. The van der Waals surface area contributed by atoms with E-state index in [2.05, 4.69) is 62.4 Å². The molecule has 1 atom stereocenters. The highest BCUT2D eigenvalue weighted by Gasteiger charge is 2.10. The van der Waals surface area contributed by atoms with E-state index in [1.54, 1.807) is 0 Å². The minimum Gasteiger partial charge on any atom is -0.313 e. The van der Waals surface area contributed by atoms with Crippen LogP contribution in [0.2, 0.25) is 0 Å². The van der Waals surface area contributed by atoms with Crippen LogP contribution >= 0.6 is 0 Å². The average molecular weight is 248 g/mol. The first-order valence-corrected chi connectivity index (χ1v) is 7.09. The van der Waals surface area contributed by atoms with E-state index >= 15 is 0 Å². The van der Waals surface area contributed by atoms with E-state index in [0.717, 1.165) is 6.54 Å². The maximum absolute atomic E-state index is 3.43. The molecule has 0 aliphatic carbocycles. The van der Waals surface area contributed by atoms with Crippen LogP contribution in [-0.2, 0) is 0 Å². The quantitative estimate of drug-likeness (QED) is 0.759. The van der Waals surface area contributed by atoms with Gasteiger partial charge in [-0.3, -0.25) is 0 Å². The first kappa shape index (κ1) is 15.2. The van der Waals surface area contributed by atoms with Crippen molar-refractivity contribution in [3.8, 4) is 0 Å². The number of hydrogen-bond acceptors (Lipinski definition) is 2. The van der Waals surface area contributed by atoms with E-state index in [4.69, 9.17) is 0 Å². The highest BCUT2D eigenvalue weighted by molar-refractivity contribution is 5.25. The number of unbranched alkanes of at least 4 members (excludes halogenated alkanes) is 1. The Labute approximate surface area is 112 Å². The minimum atomic E-state index is 0.467. The third kappa shape index (κ3) is 5.19. The van der Waals surface area contributed by atoms with E-state index in [-0.39, 0.29) is 0 Å². The smallest absolute Gasteiger partial charge is 0.0329 e. The summed E-state index contributed by atoms with van der Waals surface area (Å²) < 4.78 is 0. The van der Waals surface area contributed by atoms with Crippen LogP contribution in [0.25, 0.3) is 0 Å². The topological polar surface area (TPSA) is 15.3 Å². The summed E-state index contributed by atoms with van der Waals surface area (Å²) in [6.45, 7) is 6.76. The molecule has 1 unspecified atom stereocenters. The molecule has 0 spiro atoms. The highest BCUT2D eigenvalue weighted by Crippen LogP contribution is 2.17. The number of aryl methyl sites for hydroxylation is 1. The summed E-state index contributed by atoms with van der Waals surface area (Å²) in [4.78, 5) is 2.43. The number of rotatable bonds is 8. The number of nitrogens with one attached hydrogen (secondary N) is 1. The van der Waals surface area contributed by atoms with Gasteiger partial charge >= 0.3 is 0 Å². The van der Waals surface area contributed by atoms with Gasteiger partial charge in [-0.05, 0) is 52.5 Å². The van der Waals surface area contributed by atoms with Crippen molar-refractivity contribution in [2.75, 3.05) is 27.2 Å². The molecule has 0 saturated heterocycles. The van der Waals surface area contributed by atoms with Gasteiger partial charge in [0.25, 0.3) is 0 Å². The lowest BCUT2D eigenvalue weighted by atomic mass is 10.0. The molecule has 0 aliphatic heterocycles. The predicted octanol–water partition coefficient (Wildman–Crippen LogP) is 3.38.